The van der Waals surface area contributed by atoms with Crippen molar-refractivity contribution in [2.75, 3.05) is 6.54 Å². The fourth-order valence-corrected chi connectivity index (χ4v) is 2.58. The summed E-state index contributed by atoms with van der Waals surface area (Å²) in [4.78, 5) is 27.0. The molecular formula is C18H27F3N2O5. The highest BCUT2D eigenvalue weighted by molar-refractivity contribution is 5.81. The van der Waals surface area contributed by atoms with Crippen LogP contribution < -0.4 is 10.2 Å². The van der Waals surface area contributed by atoms with Crippen LogP contribution in [0.4, 0.5) is 13.2 Å². The van der Waals surface area contributed by atoms with Gasteiger partial charge in [0.1, 0.15) is 0 Å². The summed E-state index contributed by atoms with van der Waals surface area (Å²) in [7, 11) is 0. The Morgan fingerprint density at radius 1 is 0.893 bits per heavy atom. The van der Waals surface area contributed by atoms with E-state index in [0.29, 0.717) is 17.6 Å². The van der Waals surface area contributed by atoms with Gasteiger partial charge in [-0.1, -0.05) is 44.9 Å². The van der Waals surface area contributed by atoms with Crippen molar-refractivity contribution in [3.8, 4) is 11.8 Å². The second kappa shape index (κ2) is 12.1. The smallest absolute Gasteiger partial charge is 0.471 e. The molecule has 3 N–H and O–H groups in total. The van der Waals surface area contributed by atoms with E-state index in [0.717, 1.165) is 44.9 Å². The quantitative estimate of drug-likeness (QED) is 0.434. The number of halogens is 3. The number of aromatic nitrogens is 1. The summed E-state index contributed by atoms with van der Waals surface area (Å²) in [6.45, 7) is 0.0347. The lowest BCUT2D eigenvalue weighted by atomic mass is 10.1. The topological polar surface area (TPSA) is 101 Å². The number of hydrogen-bond acceptors (Lipinski definition) is 5. The van der Waals surface area contributed by atoms with Crippen molar-refractivity contribution in [2.45, 2.75) is 70.4 Å². The minimum atomic E-state index is -4.82. The molecule has 0 atom stereocenters. The molecule has 0 saturated heterocycles. The third-order valence-electron chi connectivity index (χ3n) is 4.09. The molecule has 0 bridgehead atoms. The monoisotopic (exact) mass is 408 g/mol. The highest BCUT2D eigenvalue weighted by Crippen LogP contribution is 2.19. The van der Waals surface area contributed by atoms with Crippen molar-refractivity contribution in [2.24, 2.45) is 0 Å². The van der Waals surface area contributed by atoms with Crippen LogP contribution in [0.1, 0.15) is 64.2 Å². The van der Waals surface area contributed by atoms with Gasteiger partial charge in [0, 0.05) is 25.1 Å². The fourth-order valence-electron chi connectivity index (χ4n) is 2.58. The number of rotatable bonds is 13. The van der Waals surface area contributed by atoms with Gasteiger partial charge in [0.2, 0.25) is 11.8 Å². The molecule has 0 unspecified atom stereocenters. The maximum atomic E-state index is 12.0. The van der Waals surface area contributed by atoms with Gasteiger partial charge in [-0.05, 0) is 12.8 Å². The summed E-state index contributed by atoms with van der Waals surface area (Å²) in [5, 5.41) is 20.6. The maximum absolute atomic E-state index is 12.0. The van der Waals surface area contributed by atoms with Crippen LogP contribution in [-0.4, -0.2) is 39.5 Å². The van der Waals surface area contributed by atoms with Crippen LogP contribution in [0.2, 0.25) is 0 Å². The SMILES string of the molecule is O=C(CCCCCCCCCCCNC(=O)C(F)(F)F)On1c(O)ccc1O. The van der Waals surface area contributed by atoms with E-state index in [1.165, 1.54) is 12.1 Å². The van der Waals surface area contributed by atoms with Gasteiger partial charge in [0.05, 0.1) is 0 Å². The Kier molecular flexibility index (Phi) is 10.3. The molecule has 0 radical (unpaired) electrons. The molecule has 160 valence electrons. The van der Waals surface area contributed by atoms with E-state index in [1.807, 2.05) is 5.32 Å². The molecule has 0 fully saturated rings. The van der Waals surface area contributed by atoms with Gasteiger partial charge in [-0.2, -0.15) is 13.2 Å². The third-order valence-corrected chi connectivity index (χ3v) is 4.09. The molecule has 0 aromatic carbocycles. The molecule has 1 rings (SSSR count). The number of amides is 1. The van der Waals surface area contributed by atoms with E-state index in [4.69, 9.17) is 4.84 Å². The average molecular weight is 408 g/mol. The Balaban J connectivity index is 1.90. The first kappa shape index (κ1) is 23.6. The Morgan fingerprint density at radius 3 is 1.86 bits per heavy atom. The number of nitrogens with one attached hydrogen (secondary N) is 1. The van der Waals surface area contributed by atoms with E-state index in [9.17, 15) is 33.0 Å². The highest BCUT2D eigenvalue weighted by atomic mass is 19.4. The van der Waals surface area contributed by atoms with Crippen molar-refractivity contribution in [1.82, 2.24) is 10.0 Å². The van der Waals surface area contributed by atoms with Gasteiger partial charge in [0.15, 0.2) is 0 Å². The minimum Gasteiger partial charge on any atom is -0.492 e. The minimum absolute atomic E-state index is 0.0347. The van der Waals surface area contributed by atoms with Crippen molar-refractivity contribution >= 4 is 11.9 Å². The van der Waals surface area contributed by atoms with Crippen molar-refractivity contribution in [3.05, 3.63) is 12.1 Å². The van der Waals surface area contributed by atoms with Crippen molar-refractivity contribution in [1.29, 1.82) is 0 Å². The predicted molar refractivity (Wildman–Crippen MR) is 94.6 cm³/mol. The summed E-state index contributed by atoms with van der Waals surface area (Å²) >= 11 is 0. The van der Waals surface area contributed by atoms with E-state index < -0.39 is 18.1 Å². The zero-order valence-corrected chi connectivity index (χ0v) is 15.6. The summed E-state index contributed by atoms with van der Waals surface area (Å²) in [6, 6.07) is 2.42. The number of nitrogens with zero attached hydrogens (tertiary/aromatic N) is 1. The van der Waals surface area contributed by atoms with Crippen LogP contribution in [-0.2, 0) is 9.59 Å². The molecule has 0 spiro atoms. The normalized spacial score (nSPS) is 11.4. The Labute approximate surface area is 161 Å². The Hall–Kier alpha value is -2.39. The molecule has 0 aliphatic heterocycles. The van der Waals surface area contributed by atoms with Crippen LogP contribution >= 0.6 is 0 Å². The van der Waals surface area contributed by atoms with Crippen LogP contribution in [0.25, 0.3) is 0 Å². The zero-order valence-electron chi connectivity index (χ0n) is 15.6. The molecule has 0 saturated carbocycles. The number of alkyl halides is 3. The molecule has 28 heavy (non-hydrogen) atoms. The molecule has 1 aromatic heterocycles. The van der Waals surface area contributed by atoms with Crippen LogP contribution in [0.3, 0.4) is 0 Å². The Bertz CT molecular complexity index is 597. The summed E-state index contributed by atoms with van der Waals surface area (Å²) < 4.78 is 36.5. The lowest BCUT2D eigenvalue weighted by molar-refractivity contribution is -0.173. The molecule has 1 heterocycles. The van der Waals surface area contributed by atoms with Gasteiger partial charge in [0.25, 0.3) is 0 Å². The maximum Gasteiger partial charge on any atom is 0.471 e. The number of aromatic hydroxyl groups is 2. The van der Waals surface area contributed by atoms with Gasteiger partial charge in [-0.25, -0.2) is 4.79 Å². The first-order valence-corrected chi connectivity index (χ1v) is 9.37. The highest BCUT2D eigenvalue weighted by Gasteiger charge is 2.38. The first-order valence-electron chi connectivity index (χ1n) is 9.37. The number of unbranched alkanes of at least 4 members (excludes halogenated alkanes) is 8. The average Bonchev–Trinajstić information content (AvgIpc) is 2.93. The zero-order chi connectivity index (χ0) is 21.0. The molecule has 1 amide bonds. The number of hydrogen-bond donors (Lipinski definition) is 3. The van der Waals surface area contributed by atoms with Crippen LogP contribution in [0.15, 0.2) is 12.1 Å². The van der Waals surface area contributed by atoms with Gasteiger partial charge in [-0.3, -0.25) is 4.79 Å². The van der Waals surface area contributed by atoms with Crippen molar-refractivity contribution < 1.29 is 37.8 Å². The second-order valence-corrected chi connectivity index (χ2v) is 6.49. The summed E-state index contributed by atoms with van der Waals surface area (Å²) in [5.41, 5.74) is 0. The molecule has 0 aliphatic carbocycles. The Morgan fingerprint density at radius 2 is 1.36 bits per heavy atom. The third kappa shape index (κ3) is 9.52. The van der Waals surface area contributed by atoms with Crippen LogP contribution in [0, 0.1) is 0 Å². The fraction of sp³-hybridized carbons (Fsp3) is 0.667. The van der Waals surface area contributed by atoms with E-state index in [2.05, 4.69) is 0 Å². The van der Waals surface area contributed by atoms with Crippen LogP contribution in [0.5, 0.6) is 11.8 Å². The molecular weight excluding hydrogens is 381 g/mol. The molecule has 1 aromatic rings. The van der Waals surface area contributed by atoms with Gasteiger partial charge >= 0.3 is 18.1 Å². The summed E-state index contributed by atoms with van der Waals surface area (Å²) in [6.07, 6.45) is 2.98. The lowest BCUT2D eigenvalue weighted by Gasteiger charge is -2.07. The first-order chi connectivity index (χ1) is 13.2. The lowest BCUT2D eigenvalue weighted by Crippen LogP contribution is -2.37. The van der Waals surface area contributed by atoms with E-state index in [-0.39, 0.29) is 24.7 Å². The number of carbonyl (C=O) groups is 2. The van der Waals surface area contributed by atoms with Crippen molar-refractivity contribution in [3.63, 3.8) is 0 Å². The largest absolute Gasteiger partial charge is 0.492 e. The molecule has 7 nitrogen and oxygen atoms in total. The second-order valence-electron chi connectivity index (χ2n) is 6.49. The van der Waals surface area contributed by atoms with E-state index in [1.54, 1.807) is 0 Å². The predicted octanol–water partition coefficient (Wildman–Crippen LogP) is 3.43. The van der Waals surface area contributed by atoms with Gasteiger partial charge < -0.3 is 20.4 Å². The summed E-state index contributed by atoms with van der Waals surface area (Å²) in [5.74, 6) is -3.14. The molecule has 0 aliphatic rings. The molecule has 10 heteroatoms. The van der Waals surface area contributed by atoms with Gasteiger partial charge in [-0.15, -0.1) is 4.73 Å². The number of carbonyl (C=O) groups excluding carboxylic acids is 2. The van der Waals surface area contributed by atoms with E-state index >= 15 is 0 Å². The standard InChI is InChI=1S/C18H27F3N2O5/c19-18(20,21)17(27)22-13-9-7-5-3-1-2-4-6-8-10-16(26)28-23-14(24)11-12-15(23)25/h11-12,24-25H,1-10,13H2,(H,22,27).